The normalized spacial score (nSPS) is 15.5. The van der Waals surface area contributed by atoms with Gasteiger partial charge < -0.3 is 14.4 Å². The highest BCUT2D eigenvalue weighted by molar-refractivity contribution is 5.89. The molecule has 5 heteroatoms. The van der Waals surface area contributed by atoms with Gasteiger partial charge in [0.05, 0.1) is 11.5 Å². The smallest absolute Gasteiger partial charge is 0.338 e. The van der Waals surface area contributed by atoms with Gasteiger partial charge >= 0.3 is 11.9 Å². The summed E-state index contributed by atoms with van der Waals surface area (Å²) in [5, 5.41) is 0. The van der Waals surface area contributed by atoms with E-state index >= 15 is 0 Å². The second-order valence-corrected chi connectivity index (χ2v) is 5.59. The highest BCUT2D eigenvalue weighted by Gasteiger charge is 2.23. The first-order chi connectivity index (χ1) is 10.5. The van der Waals surface area contributed by atoms with E-state index in [4.69, 9.17) is 9.47 Å². The SMILES string of the molecule is CCCC(CCC)C(=O)OC(C)OC(=O)C1=CN(C)C=CC1. The molecule has 0 aromatic heterocycles. The van der Waals surface area contributed by atoms with Crippen LogP contribution in [0.25, 0.3) is 0 Å². The van der Waals surface area contributed by atoms with Crippen LogP contribution in [0.15, 0.2) is 24.0 Å². The van der Waals surface area contributed by atoms with Crippen LogP contribution in [0, 0.1) is 5.92 Å². The lowest BCUT2D eigenvalue weighted by molar-refractivity contribution is -0.185. The van der Waals surface area contributed by atoms with Crippen molar-refractivity contribution in [3.63, 3.8) is 0 Å². The van der Waals surface area contributed by atoms with Crippen molar-refractivity contribution in [1.82, 2.24) is 4.90 Å². The van der Waals surface area contributed by atoms with E-state index in [1.807, 2.05) is 33.2 Å². The summed E-state index contributed by atoms with van der Waals surface area (Å²) in [6.45, 7) is 5.66. The topological polar surface area (TPSA) is 55.8 Å². The van der Waals surface area contributed by atoms with Gasteiger partial charge in [-0.05, 0) is 19.0 Å². The van der Waals surface area contributed by atoms with Crippen molar-refractivity contribution in [2.24, 2.45) is 5.92 Å². The van der Waals surface area contributed by atoms with E-state index in [9.17, 15) is 9.59 Å². The molecule has 0 amide bonds. The second kappa shape index (κ2) is 9.28. The monoisotopic (exact) mass is 309 g/mol. The summed E-state index contributed by atoms with van der Waals surface area (Å²) >= 11 is 0. The van der Waals surface area contributed by atoms with Gasteiger partial charge in [0, 0.05) is 26.6 Å². The fourth-order valence-corrected chi connectivity index (χ4v) is 2.41. The summed E-state index contributed by atoms with van der Waals surface area (Å²) < 4.78 is 10.5. The van der Waals surface area contributed by atoms with E-state index in [0.29, 0.717) is 12.0 Å². The van der Waals surface area contributed by atoms with E-state index in [0.717, 1.165) is 25.7 Å². The zero-order valence-electron chi connectivity index (χ0n) is 14.0. The summed E-state index contributed by atoms with van der Waals surface area (Å²) in [7, 11) is 1.84. The summed E-state index contributed by atoms with van der Waals surface area (Å²) in [5.74, 6) is -0.836. The van der Waals surface area contributed by atoms with Gasteiger partial charge in [-0.25, -0.2) is 4.79 Å². The fraction of sp³-hybridized carbons (Fsp3) is 0.647. The second-order valence-electron chi connectivity index (χ2n) is 5.59. The molecule has 0 aromatic carbocycles. The Balaban J connectivity index is 2.49. The molecule has 1 unspecified atom stereocenters. The van der Waals surface area contributed by atoms with E-state index < -0.39 is 12.3 Å². The Bertz CT molecular complexity index is 436. The first-order valence-corrected chi connectivity index (χ1v) is 7.98. The van der Waals surface area contributed by atoms with E-state index in [-0.39, 0.29) is 11.9 Å². The maximum atomic E-state index is 12.1. The maximum Gasteiger partial charge on any atom is 0.338 e. The summed E-state index contributed by atoms with van der Waals surface area (Å²) in [4.78, 5) is 25.9. The van der Waals surface area contributed by atoms with Crippen molar-refractivity contribution in [1.29, 1.82) is 0 Å². The molecule has 0 spiro atoms. The maximum absolute atomic E-state index is 12.1. The Labute approximate surface area is 133 Å². The number of hydrogen-bond acceptors (Lipinski definition) is 5. The zero-order valence-corrected chi connectivity index (χ0v) is 14.0. The van der Waals surface area contributed by atoms with Crippen LogP contribution in [0.1, 0.15) is 52.9 Å². The van der Waals surface area contributed by atoms with Gasteiger partial charge in [0.25, 0.3) is 0 Å². The molecule has 0 radical (unpaired) electrons. The number of esters is 2. The van der Waals surface area contributed by atoms with Gasteiger partial charge in [0.2, 0.25) is 6.29 Å². The Morgan fingerprint density at radius 1 is 1.23 bits per heavy atom. The van der Waals surface area contributed by atoms with Crippen LogP contribution in [0.2, 0.25) is 0 Å². The van der Waals surface area contributed by atoms with Crippen LogP contribution in [0.5, 0.6) is 0 Å². The Hall–Kier alpha value is -1.78. The average Bonchev–Trinajstić information content (AvgIpc) is 2.46. The number of nitrogens with zero attached hydrogens (tertiary/aromatic N) is 1. The quantitative estimate of drug-likeness (QED) is 0.508. The average molecular weight is 309 g/mol. The van der Waals surface area contributed by atoms with E-state index in [1.54, 1.807) is 18.0 Å². The largest absolute Gasteiger partial charge is 0.425 e. The zero-order chi connectivity index (χ0) is 16.5. The van der Waals surface area contributed by atoms with E-state index in [1.165, 1.54) is 0 Å². The van der Waals surface area contributed by atoms with Gasteiger partial charge in [-0.15, -0.1) is 0 Å². The molecule has 0 saturated heterocycles. The molecular weight excluding hydrogens is 282 g/mol. The molecule has 1 aliphatic heterocycles. The number of allylic oxidation sites excluding steroid dienone is 1. The Morgan fingerprint density at radius 3 is 2.41 bits per heavy atom. The lowest BCUT2D eigenvalue weighted by Crippen LogP contribution is -2.27. The van der Waals surface area contributed by atoms with Crippen LogP contribution in [0.4, 0.5) is 0 Å². The first-order valence-electron chi connectivity index (χ1n) is 7.98. The van der Waals surface area contributed by atoms with Crippen LogP contribution in [-0.2, 0) is 19.1 Å². The van der Waals surface area contributed by atoms with Crippen molar-refractivity contribution in [3.05, 3.63) is 24.0 Å². The molecule has 1 aliphatic rings. The summed E-state index contributed by atoms with van der Waals surface area (Å²) in [6.07, 6.45) is 8.59. The minimum absolute atomic E-state index is 0.112. The third-order valence-electron chi connectivity index (χ3n) is 3.46. The van der Waals surface area contributed by atoms with Crippen molar-refractivity contribution >= 4 is 11.9 Å². The number of hydrogen-bond donors (Lipinski definition) is 0. The molecule has 0 N–H and O–H groups in total. The number of carbonyl (C=O) groups is 2. The number of carbonyl (C=O) groups excluding carboxylic acids is 2. The molecule has 1 rings (SSSR count). The summed E-state index contributed by atoms with van der Waals surface area (Å²) in [5.41, 5.74) is 0.548. The third kappa shape index (κ3) is 5.92. The minimum atomic E-state index is -0.867. The summed E-state index contributed by atoms with van der Waals surface area (Å²) in [6, 6.07) is 0. The molecule has 124 valence electrons. The third-order valence-corrected chi connectivity index (χ3v) is 3.46. The van der Waals surface area contributed by atoms with Crippen molar-refractivity contribution in [2.45, 2.75) is 59.2 Å². The van der Waals surface area contributed by atoms with Crippen LogP contribution in [0.3, 0.4) is 0 Å². The molecule has 0 aliphatic carbocycles. The van der Waals surface area contributed by atoms with Crippen LogP contribution < -0.4 is 0 Å². The lowest BCUT2D eigenvalue weighted by Gasteiger charge is -2.20. The van der Waals surface area contributed by atoms with Gasteiger partial charge in [-0.1, -0.05) is 32.8 Å². The lowest BCUT2D eigenvalue weighted by atomic mass is 9.99. The van der Waals surface area contributed by atoms with Crippen molar-refractivity contribution in [2.75, 3.05) is 7.05 Å². The molecule has 22 heavy (non-hydrogen) atoms. The highest BCUT2D eigenvalue weighted by Crippen LogP contribution is 2.18. The van der Waals surface area contributed by atoms with Crippen LogP contribution >= 0.6 is 0 Å². The predicted octanol–water partition coefficient (Wildman–Crippen LogP) is 3.37. The Kier molecular flexibility index (Phi) is 7.71. The fourth-order valence-electron chi connectivity index (χ4n) is 2.41. The predicted molar refractivity (Wildman–Crippen MR) is 84.6 cm³/mol. The van der Waals surface area contributed by atoms with Crippen molar-refractivity contribution < 1.29 is 19.1 Å². The Morgan fingerprint density at radius 2 is 1.86 bits per heavy atom. The molecule has 0 fully saturated rings. The molecule has 1 atom stereocenters. The van der Waals surface area contributed by atoms with Gasteiger partial charge in [-0.2, -0.15) is 0 Å². The first kappa shape index (κ1) is 18.3. The molecule has 0 aromatic rings. The number of ether oxygens (including phenoxy) is 2. The molecule has 1 heterocycles. The molecule has 0 saturated carbocycles. The molecule has 5 nitrogen and oxygen atoms in total. The minimum Gasteiger partial charge on any atom is -0.425 e. The van der Waals surface area contributed by atoms with E-state index in [2.05, 4.69) is 0 Å². The van der Waals surface area contributed by atoms with Gasteiger partial charge in [0.1, 0.15) is 0 Å². The number of rotatable bonds is 8. The van der Waals surface area contributed by atoms with Gasteiger partial charge in [-0.3, -0.25) is 4.79 Å². The highest BCUT2D eigenvalue weighted by atomic mass is 16.7. The van der Waals surface area contributed by atoms with Crippen molar-refractivity contribution in [3.8, 4) is 0 Å². The molecule has 0 bridgehead atoms. The molecular formula is C17H27NO4. The van der Waals surface area contributed by atoms with Gasteiger partial charge in [0.15, 0.2) is 0 Å². The standard InChI is InChI=1S/C17H27NO4/c1-5-8-14(9-6-2)16(19)21-13(3)22-17(20)15-10-7-11-18(4)12-15/h7,11-14H,5-6,8-10H2,1-4H3. The van der Waals surface area contributed by atoms with Crippen LogP contribution in [-0.4, -0.2) is 30.2 Å².